The number of amides is 2. The highest BCUT2D eigenvalue weighted by atomic mass is 16.2. The highest BCUT2D eigenvalue weighted by Gasteiger charge is 2.42. The molecule has 0 spiro atoms. The van der Waals surface area contributed by atoms with Gasteiger partial charge in [-0.15, -0.1) is 0 Å². The van der Waals surface area contributed by atoms with Gasteiger partial charge in [0.05, 0.1) is 18.1 Å². The van der Waals surface area contributed by atoms with Crippen LogP contribution < -0.4 is 10.2 Å². The quantitative estimate of drug-likeness (QED) is 0.788. The van der Waals surface area contributed by atoms with Crippen molar-refractivity contribution in [2.75, 3.05) is 11.4 Å². The largest absolute Gasteiger partial charge is 0.340 e. The van der Waals surface area contributed by atoms with Crippen molar-refractivity contribution in [2.45, 2.75) is 25.8 Å². The van der Waals surface area contributed by atoms with E-state index < -0.39 is 5.54 Å². The van der Waals surface area contributed by atoms with Crippen molar-refractivity contribution in [3.8, 4) is 0 Å². The maximum atomic E-state index is 12.3. The third-order valence-electron chi connectivity index (χ3n) is 3.00. The number of hydrogen-bond acceptors (Lipinski definition) is 4. The first-order chi connectivity index (χ1) is 8.07. The summed E-state index contributed by atoms with van der Waals surface area (Å²) in [6.07, 6.45) is 4.98. The zero-order valence-corrected chi connectivity index (χ0v) is 9.80. The highest BCUT2D eigenvalue weighted by molar-refractivity contribution is 6.08. The normalized spacial score (nSPS) is 24.7. The third kappa shape index (κ3) is 1.98. The molecule has 1 atom stereocenters. The van der Waals surface area contributed by atoms with Crippen LogP contribution in [0, 0.1) is 0 Å². The van der Waals surface area contributed by atoms with Crippen LogP contribution in [0.3, 0.4) is 0 Å². The van der Waals surface area contributed by atoms with Gasteiger partial charge in [0, 0.05) is 0 Å². The van der Waals surface area contributed by atoms with Crippen molar-refractivity contribution in [3.63, 3.8) is 0 Å². The van der Waals surface area contributed by atoms with Gasteiger partial charge < -0.3 is 5.32 Å². The SMILES string of the molecule is CCC1(C)NC(=O)CN(c2cncnc2)C1=O. The number of rotatable bonds is 2. The van der Waals surface area contributed by atoms with Gasteiger partial charge in [-0.2, -0.15) is 0 Å². The van der Waals surface area contributed by atoms with Gasteiger partial charge >= 0.3 is 0 Å². The van der Waals surface area contributed by atoms with E-state index in [0.29, 0.717) is 12.1 Å². The average molecular weight is 234 g/mol. The van der Waals surface area contributed by atoms with Gasteiger partial charge in [0.15, 0.2) is 0 Å². The van der Waals surface area contributed by atoms with Gasteiger partial charge in [-0.1, -0.05) is 6.92 Å². The van der Waals surface area contributed by atoms with Crippen molar-refractivity contribution >= 4 is 17.5 Å². The molecule has 1 aliphatic rings. The predicted molar refractivity (Wildman–Crippen MR) is 61.2 cm³/mol. The summed E-state index contributed by atoms with van der Waals surface area (Å²) >= 11 is 0. The van der Waals surface area contributed by atoms with E-state index in [1.54, 1.807) is 6.92 Å². The van der Waals surface area contributed by atoms with Crippen molar-refractivity contribution < 1.29 is 9.59 Å². The van der Waals surface area contributed by atoms with Gasteiger partial charge in [0.2, 0.25) is 5.91 Å². The third-order valence-corrected chi connectivity index (χ3v) is 3.00. The Kier molecular flexibility index (Phi) is 2.79. The van der Waals surface area contributed by atoms with E-state index >= 15 is 0 Å². The molecule has 17 heavy (non-hydrogen) atoms. The van der Waals surface area contributed by atoms with E-state index in [0.717, 1.165) is 0 Å². The Bertz CT molecular complexity index is 448. The summed E-state index contributed by atoms with van der Waals surface area (Å²) in [6, 6.07) is 0. The fraction of sp³-hybridized carbons (Fsp3) is 0.455. The minimum atomic E-state index is -0.842. The van der Waals surface area contributed by atoms with Gasteiger partial charge in [0.25, 0.3) is 5.91 Å². The molecule has 0 bridgehead atoms. The Balaban J connectivity index is 2.35. The van der Waals surface area contributed by atoms with Crippen LogP contribution in [0.15, 0.2) is 18.7 Å². The van der Waals surface area contributed by atoms with Crippen LogP contribution in [0.25, 0.3) is 0 Å². The van der Waals surface area contributed by atoms with E-state index in [2.05, 4.69) is 15.3 Å². The molecule has 1 aromatic rings. The predicted octanol–water partition coefficient (Wildman–Crippen LogP) is 0.108. The van der Waals surface area contributed by atoms with Crippen LogP contribution in [-0.4, -0.2) is 33.9 Å². The molecule has 1 saturated heterocycles. The topological polar surface area (TPSA) is 75.2 Å². The molecule has 0 aliphatic carbocycles. The maximum Gasteiger partial charge on any atom is 0.253 e. The van der Waals surface area contributed by atoms with E-state index in [1.165, 1.54) is 23.6 Å². The van der Waals surface area contributed by atoms with Gasteiger partial charge in [-0.3, -0.25) is 14.5 Å². The molecule has 1 aromatic heterocycles. The molecule has 1 N–H and O–H groups in total. The van der Waals surface area contributed by atoms with Crippen LogP contribution in [0.4, 0.5) is 5.69 Å². The smallest absolute Gasteiger partial charge is 0.253 e. The Morgan fingerprint density at radius 2 is 2.06 bits per heavy atom. The number of nitrogens with zero attached hydrogens (tertiary/aromatic N) is 3. The van der Waals surface area contributed by atoms with Crippen molar-refractivity contribution in [1.82, 2.24) is 15.3 Å². The van der Waals surface area contributed by atoms with Gasteiger partial charge in [0.1, 0.15) is 18.4 Å². The molecule has 0 saturated carbocycles. The second kappa shape index (κ2) is 4.12. The van der Waals surface area contributed by atoms with Crippen LogP contribution in [0.5, 0.6) is 0 Å². The fourth-order valence-electron chi connectivity index (χ4n) is 1.79. The Hall–Kier alpha value is -1.98. The summed E-state index contributed by atoms with van der Waals surface area (Å²) in [5.74, 6) is -0.299. The highest BCUT2D eigenvalue weighted by Crippen LogP contribution is 2.22. The van der Waals surface area contributed by atoms with E-state index in [4.69, 9.17) is 0 Å². The van der Waals surface area contributed by atoms with Gasteiger partial charge in [-0.05, 0) is 13.3 Å². The van der Waals surface area contributed by atoms with Crippen LogP contribution in [0.2, 0.25) is 0 Å². The standard InChI is InChI=1S/C11H14N4O2/c1-3-11(2)10(17)15(6-9(16)14-11)8-4-12-7-13-5-8/h4-5,7H,3,6H2,1-2H3,(H,14,16). The molecule has 1 aliphatic heterocycles. The lowest BCUT2D eigenvalue weighted by Crippen LogP contribution is -2.65. The Morgan fingerprint density at radius 3 is 2.65 bits per heavy atom. The minimum Gasteiger partial charge on any atom is -0.340 e. The summed E-state index contributed by atoms with van der Waals surface area (Å²) < 4.78 is 0. The zero-order valence-electron chi connectivity index (χ0n) is 9.80. The summed E-state index contributed by atoms with van der Waals surface area (Å²) in [7, 11) is 0. The molecule has 2 amide bonds. The van der Waals surface area contributed by atoms with E-state index in [9.17, 15) is 9.59 Å². The fourth-order valence-corrected chi connectivity index (χ4v) is 1.79. The van der Waals surface area contributed by atoms with Gasteiger partial charge in [-0.25, -0.2) is 9.97 Å². The second-order valence-electron chi connectivity index (χ2n) is 4.22. The average Bonchev–Trinajstić information content (AvgIpc) is 2.35. The number of hydrogen-bond donors (Lipinski definition) is 1. The van der Waals surface area contributed by atoms with Crippen LogP contribution >= 0.6 is 0 Å². The first-order valence-corrected chi connectivity index (χ1v) is 5.45. The first-order valence-electron chi connectivity index (χ1n) is 5.45. The van der Waals surface area contributed by atoms with Crippen molar-refractivity contribution in [1.29, 1.82) is 0 Å². The molecular formula is C11H14N4O2. The minimum absolute atomic E-state index is 0.0157. The number of carbonyl (C=O) groups excluding carboxylic acids is 2. The lowest BCUT2D eigenvalue weighted by atomic mass is 9.94. The van der Waals surface area contributed by atoms with E-state index in [-0.39, 0.29) is 18.4 Å². The van der Waals surface area contributed by atoms with Crippen molar-refractivity contribution in [3.05, 3.63) is 18.7 Å². The molecule has 6 heteroatoms. The zero-order chi connectivity index (χ0) is 12.5. The molecule has 2 rings (SSSR count). The van der Waals surface area contributed by atoms with Crippen LogP contribution in [0.1, 0.15) is 20.3 Å². The Morgan fingerprint density at radius 1 is 1.41 bits per heavy atom. The number of carbonyl (C=O) groups is 2. The molecule has 6 nitrogen and oxygen atoms in total. The van der Waals surface area contributed by atoms with E-state index in [1.807, 2.05) is 6.92 Å². The number of piperazine rings is 1. The Labute approximate surface area is 99.1 Å². The number of anilines is 1. The molecule has 0 aromatic carbocycles. The second-order valence-corrected chi connectivity index (χ2v) is 4.22. The number of nitrogens with one attached hydrogen (secondary N) is 1. The molecule has 1 unspecified atom stereocenters. The molecule has 1 fully saturated rings. The maximum absolute atomic E-state index is 12.3. The molecule has 0 radical (unpaired) electrons. The molecule has 2 heterocycles. The van der Waals surface area contributed by atoms with Crippen LogP contribution in [-0.2, 0) is 9.59 Å². The summed E-state index contributed by atoms with van der Waals surface area (Å²) in [5, 5.41) is 2.72. The monoisotopic (exact) mass is 234 g/mol. The summed E-state index contributed by atoms with van der Waals surface area (Å²) in [6.45, 7) is 3.61. The number of aromatic nitrogens is 2. The van der Waals surface area contributed by atoms with Crippen molar-refractivity contribution in [2.24, 2.45) is 0 Å². The molecular weight excluding hydrogens is 220 g/mol. The lowest BCUT2D eigenvalue weighted by molar-refractivity contribution is -0.135. The first kappa shape index (κ1) is 11.5. The lowest BCUT2D eigenvalue weighted by Gasteiger charge is -2.38. The summed E-state index contributed by atoms with van der Waals surface area (Å²) in [5.41, 5.74) is -0.294. The summed E-state index contributed by atoms with van der Waals surface area (Å²) in [4.78, 5) is 33.0. The molecule has 90 valence electrons.